The van der Waals surface area contributed by atoms with Gasteiger partial charge in [-0.15, -0.1) is 0 Å². The molecule has 0 spiro atoms. The maximum atomic E-state index is 13.9. The number of carbonyl (C=O) groups is 1. The van der Waals surface area contributed by atoms with E-state index in [1.54, 1.807) is 7.11 Å². The Morgan fingerprint density at radius 2 is 1.68 bits per heavy atom. The average Bonchev–Trinajstić information content (AvgIpc) is 3.41. The van der Waals surface area contributed by atoms with E-state index in [4.69, 9.17) is 4.74 Å². The summed E-state index contributed by atoms with van der Waals surface area (Å²) in [5.74, 6) is 1.41. The molecule has 0 saturated heterocycles. The number of fused-ring (bicyclic) bond motifs is 1. The standard InChI is InChI=1S/C28H27NO2/c1-31-21-14-12-19(13-15-21)23-18-24(26(30)20-8-3-2-4-9-20)28-17-7-16-27(23,28)22-10-5-6-11-25(22)29-28/h2-6,8-15,23-24,29H,7,16-18H2,1H3/t23-,24+,27-,28-/m0/s1. The molecule has 1 N–H and O–H groups in total. The van der Waals surface area contributed by atoms with Crippen LogP contribution in [0.15, 0.2) is 78.9 Å². The van der Waals surface area contributed by atoms with Gasteiger partial charge in [-0.3, -0.25) is 4.79 Å². The zero-order chi connectivity index (χ0) is 21.1. The summed E-state index contributed by atoms with van der Waals surface area (Å²) in [6.45, 7) is 0. The largest absolute Gasteiger partial charge is 0.497 e. The number of hydrogen-bond donors (Lipinski definition) is 1. The zero-order valence-corrected chi connectivity index (χ0v) is 17.8. The Morgan fingerprint density at radius 1 is 0.935 bits per heavy atom. The van der Waals surface area contributed by atoms with Crippen LogP contribution in [0.25, 0.3) is 0 Å². The van der Waals surface area contributed by atoms with Crippen LogP contribution in [0.4, 0.5) is 5.69 Å². The van der Waals surface area contributed by atoms with Crippen molar-refractivity contribution in [1.29, 1.82) is 0 Å². The lowest BCUT2D eigenvalue weighted by Crippen LogP contribution is -2.52. The van der Waals surface area contributed by atoms with Crippen molar-refractivity contribution < 1.29 is 9.53 Å². The van der Waals surface area contributed by atoms with Crippen LogP contribution in [0, 0.1) is 5.92 Å². The molecule has 3 nitrogen and oxygen atoms in total. The Kier molecular flexibility index (Phi) is 4.05. The highest BCUT2D eigenvalue weighted by Crippen LogP contribution is 2.71. The van der Waals surface area contributed by atoms with Crippen LogP contribution in [0.5, 0.6) is 5.75 Å². The van der Waals surface area contributed by atoms with Gasteiger partial charge < -0.3 is 10.1 Å². The number of ether oxygens (including phenoxy) is 1. The van der Waals surface area contributed by atoms with Gasteiger partial charge in [0.2, 0.25) is 0 Å². The first-order valence-corrected chi connectivity index (χ1v) is 11.3. The third-order valence-corrected chi connectivity index (χ3v) is 8.26. The Hall–Kier alpha value is -3.07. The van der Waals surface area contributed by atoms with Crippen molar-refractivity contribution in [3.05, 3.63) is 95.6 Å². The number of Topliss-reactive ketones (excluding diaryl/α,β-unsaturated/α-hetero) is 1. The first kappa shape index (κ1) is 18.7. The minimum atomic E-state index is -0.214. The first-order valence-electron chi connectivity index (χ1n) is 11.3. The number of ketones is 1. The molecule has 31 heavy (non-hydrogen) atoms. The quantitative estimate of drug-likeness (QED) is 0.540. The third kappa shape index (κ3) is 2.38. The molecule has 3 aromatic carbocycles. The second kappa shape index (κ2) is 6.71. The second-order valence-corrected chi connectivity index (χ2v) is 9.31. The lowest BCUT2D eigenvalue weighted by Gasteiger charge is -2.41. The number of hydrogen-bond acceptors (Lipinski definition) is 3. The number of anilines is 1. The summed E-state index contributed by atoms with van der Waals surface area (Å²) in [5, 5.41) is 3.94. The number of benzene rings is 3. The molecule has 3 aliphatic rings. The van der Waals surface area contributed by atoms with Gasteiger partial charge in [-0.05, 0) is 54.5 Å². The highest BCUT2D eigenvalue weighted by Gasteiger charge is 2.72. The Labute approximate surface area is 183 Å². The van der Waals surface area contributed by atoms with Crippen molar-refractivity contribution in [2.24, 2.45) is 5.92 Å². The van der Waals surface area contributed by atoms with Gasteiger partial charge in [0.25, 0.3) is 0 Å². The van der Waals surface area contributed by atoms with E-state index in [2.05, 4.69) is 53.8 Å². The van der Waals surface area contributed by atoms with Gasteiger partial charge in [0.1, 0.15) is 5.75 Å². The van der Waals surface area contributed by atoms with Crippen molar-refractivity contribution in [3.8, 4) is 5.75 Å². The minimum absolute atomic E-state index is 0.0445. The lowest BCUT2D eigenvalue weighted by atomic mass is 9.64. The molecule has 2 fully saturated rings. The number of rotatable bonds is 4. The third-order valence-electron chi connectivity index (χ3n) is 8.26. The van der Waals surface area contributed by atoms with Gasteiger partial charge in [0.15, 0.2) is 5.78 Å². The van der Waals surface area contributed by atoms with Gasteiger partial charge in [-0.2, -0.15) is 0 Å². The summed E-state index contributed by atoms with van der Waals surface area (Å²) in [5.41, 5.74) is 4.49. The molecule has 3 aromatic rings. The Bertz CT molecular complexity index is 1140. The van der Waals surface area contributed by atoms with E-state index >= 15 is 0 Å². The molecule has 2 aliphatic carbocycles. The first-order chi connectivity index (χ1) is 15.2. The van der Waals surface area contributed by atoms with Gasteiger partial charge >= 0.3 is 0 Å². The predicted octanol–water partition coefficient (Wildman–Crippen LogP) is 5.97. The van der Waals surface area contributed by atoms with Crippen LogP contribution in [-0.2, 0) is 5.41 Å². The van der Waals surface area contributed by atoms with E-state index in [0.717, 1.165) is 37.0 Å². The van der Waals surface area contributed by atoms with E-state index in [-0.39, 0.29) is 22.7 Å². The fourth-order valence-electron chi connectivity index (χ4n) is 7.14. The fourth-order valence-corrected chi connectivity index (χ4v) is 7.14. The molecule has 4 atom stereocenters. The van der Waals surface area contributed by atoms with Crippen molar-refractivity contribution in [1.82, 2.24) is 0 Å². The van der Waals surface area contributed by atoms with Crippen LogP contribution in [-0.4, -0.2) is 18.4 Å². The van der Waals surface area contributed by atoms with Crippen molar-refractivity contribution in [2.45, 2.75) is 42.6 Å². The SMILES string of the molecule is COc1ccc([C@@H]2C[C@H](C(=O)c3ccccc3)[C@@]34CCC[C@]23c2ccccc2N4)cc1. The average molecular weight is 410 g/mol. The zero-order valence-electron chi connectivity index (χ0n) is 17.8. The van der Waals surface area contributed by atoms with E-state index in [1.807, 2.05) is 30.3 Å². The molecule has 6 rings (SSSR count). The molecule has 0 amide bonds. The van der Waals surface area contributed by atoms with Crippen LogP contribution in [0.2, 0.25) is 0 Å². The molecule has 2 saturated carbocycles. The molecule has 0 bridgehead atoms. The number of nitrogens with one attached hydrogen (secondary N) is 1. The number of methoxy groups -OCH3 is 1. The summed E-state index contributed by atoms with van der Waals surface area (Å²) in [4.78, 5) is 13.9. The number of carbonyl (C=O) groups excluding carboxylic acids is 1. The topological polar surface area (TPSA) is 38.3 Å². The molecule has 0 radical (unpaired) electrons. The molecular weight excluding hydrogens is 382 g/mol. The summed E-state index contributed by atoms with van der Waals surface area (Å²) in [6.07, 6.45) is 4.18. The van der Waals surface area contributed by atoms with Crippen LogP contribution < -0.4 is 10.1 Å². The van der Waals surface area contributed by atoms with E-state index < -0.39 is 0 Å². The van der Waals surface area contributed by atoms with Crippen molar-refractivity contribution >= 4 is 11.5 Å². The summed E-state index contributed by atoms with van der Waals surface area (Å²) >= 11 is 0. The lowest BCUT2D eigenvalue weighted by molar-refractivity contribution is 0.0873. The molecule has 1 aliphatic heterocycles. The molecule has 3 heteroatoms. The Morgan fingerprint density at radius 3 is 2.45 bits per heavy atom. The van der Waals surface area contributed by atoms with Crippen LogP contribution in [0.3, 0.4) is 0 Å². The highest BCUT2D eigenvalue weighted by atomic mass is 16.5. The van der Waals surface area contributed by atoms with Crippen molar-refractivity contribution in [3.63, 3.8) is 0 Å². The van der Waals surface area contributed by atoms with Gasteiger partial charge in [-0.1, -0.05) is 67.1 Å². The summed E-state index contributed by atoms with van der Waals surface area (Å²) in [6, 6.07) is 27.1. The van der Waals surface area contributed by atoms with Gasteiger partial charge in [0, 0.05) is 22.6 Å². The van der Waals surface area contributed by atoms with Crippen LogP contribution >= 0.6 is 0 Å². The predicted molar refractivity (Wildman–Crippen MR) is 123 cm³/mol. The molecule has 0 aromatic heterocycles. The Balaban J connectivity index is 1.53. The molecule has 0 unspecified atom stereocenters. The molecule has 156 valence electrons. The highest BCUT2D eigenvalue weighted by molar-refractivity contribution is 6.00. The smallest absolute Gasteiger partial charge is 0.168 e. The van der Waals surface area contributed by atoms with Gasteiger partial charge in [0.05, 0.1) is 12.6 Å². The van der Waals surface area contributed by atoms with Gasteiger partial charge in [-0.25, -0.2) is 0 Å². The van der Waals surface area contributed by atoms with E-state index in [0.29, 0.717) is 5.92 Å². The number of para-hydroxylation sites is 1. The summed E-state index contributed by atoms with van der Waals surface area (Å²) in [7, 11) is 1.71. The van der Waals surface area contributed by atoms with E-state index in [1.165, 1.54) is 16.8 Å². The molecular formula is C28H27NO2. The summed E-state index contributed by atoms with van der Waals surface area (Å²) < 4.78 is 5.41. The molecule has 1 heterocycles. The second-order valence-electron chi connectivity index (χ2n) is 9.31. The van der Waals surface area contributed by atoms with Crippen molar-refractivity contribution in [2.75, 3.05) is 12.4 Å². The maximum absolute atomic E-state index is 13.9. The minimum Gasteiger partial charge on any atom is -0.497 e. The fraction of sp³-hybridized carbons (Fsp3) is 0.321. The van der Waals surface area contributed by atoms with Crippen LogP contribution in [0.1, 0.15) is 53.1 Å². The maximum Gasteiger partial charge on any atom is 0.168 e. The monoisotopic (exact) mass is 409 g/mol. The van der Waals surface area contributed by atoms with E-state index in [9.17, 15) is 4.79 Å². The normalized spacial score (nSPS) is 30.2.